The highest BCUT2D eigenvalue weighted by molar-refractivity contribution is 6.24. The third-order valence-electron chi connectivity index (χ3n) is 0.929. The summed E-state index contributed by atoms with van der Waals surface area (Å²) >= 11 is 5.23. The predicted molar refractivity (Wildman–Crippen MR) is 37.8 cm³/mol. The number of rotatable bonds is 3. The molecule has 0 saturated heterocycles. The van der Waals surface area contributed by atoms with E-state index in [0.29, 0.717) is 18.0 Å². The van der Waals surface area contributed by atoms with Crippen LogP contribution in [0.25, 0.3) is 0 Å². The molecule has 0 aromatic carbocycles. The molecule has 0 radical (unpaired) electrons. The number of nitrogens with zero attached hydrogens (tertiary/aromatic N) is 1. The van der Waals surface area contributed by atoms with Gasteiger partial charge in [0.25, 0.3) is 0 Å². The fraction of sp³-hybridized carbons (Fsp3) is 0. The second kappa shape index (κ2) is 3.07. The van der Waals surface area contributed by atoms with E-state index in [9.17, 15) is 4.79 Å². The zero-order valence-electron chi connectivity index (χ0n) is 4.89. The molecule has 3 N–H and O–H groups in total. The third kappa shape index (κ3) is 1.19. The third-order valence-corrected chi connectivity index (χ3v) is 1.12. The second-order valence-electron chi connectivity index (χ2n) is 1.48. The molecule has 0 saturated carbocycles. The molecular formula is C4H5ClN4O. The number of aromatic nitrogens is 2. The van der Waals surface area contributed by atoms with Crippen LogP contribution >= 0.6 is 11.8 Å². The Morgan fingerprint density at radius 2 is 2.60 bits per heavy atom. The number of hydrogen-bond acceptors (Lipinski definition) is 3. The normalized spacial score (nSPS) is 8.90. The molecule has 1 heterocycles. The summed E-state index contributed by atoms with van der Waals surface area (Å²) < 4.78 is 0. The lowest BCUT2D eigenvalue weighted by Gasteiger charge is -1.94. The molecule has 1 rings (SSSR count). The molecule has 0 fully saturated rings. The number of H-pyrrole nitrogens is 1. The maximum atomic E-state index is 9.90. The predicted octanol–water partition coefficient (Wildman–Crippen LogP) is 0.544. The number of carbonyl (C=O) groups excluding carboxylic acids is 1. The van der Waals surface area contributed by atoms with Gasteiger partial charge in [-0.3, -0.25) is 9.63 Å². The number of hydrogen-bond donors (Lipinski definition) is 3. The number of carbonyl (C=O) groups is 1. The topological polar surface area (TPSA) is 69.8 Å². The molecule has 6 heteroatoms. The molecule has 54 valence electrons. The van der Waals surface area contributed by atoms with Crippen molar-refractivity contribution in [3.63, 3.8) is 0 Å². The van der Waals surface area contributed by atoms with E-state index < -0.39 is 0 Å². The van der Waals surface area contributed by atoms with Crippen LogP contribution in [0.4, 0.5) is 11.6 Å². The van der Waals surface area contributed by atoms with Crippen molar-refractivity contribution in [2.24, 2.45) is 0 Å². The van der Waals surface area contributed by atoms with Gasteiger partial charge in [0.1, 0.15) is 0 Å². The van der Waals surface area contributed by atoms with Gasteiger partial charge in [-0.2, -0.15) is 0 Å². The summed E-state index contributed by atoms with van der Waals surface area (Å²) in [5.74, 6) is 0.846. The Morgan fingerprint density at radius 3 is 3.20 bits per heavy atom. The van der Waals surface area contributed by atoms with E-state index in [1.54, 1.807) is 0 Å². The van der Waals surface area contributed by atoms with Gasteiger partial charge in [-0.05, 0) is 0 Å². The van der Waals surface area contributed by atoms with Crippen LogP contribution in [0.1, 0.15) is 0 Å². The molecule has 5 nitrogen and oxygen atoms in total. The molecule has 0 aliphatic rings. The van der Waals surface area contributed by atoms with Crippen LogP contribution in [0.2, 0.25) is 0 Å². The van der Waals surface area contributed by atoms with Crippen LogP contribution in [0.3, 0.4) is 0 Å². The maximum Gasteiger partial charge on any atom is 0.212 e. The van der Waals surface area contributed by atoms with Crippen LogP contribution in [-0.4, -0.2) is 16.4 Å². The van der Waals surface area contributed by atoms with Crippen molar-refractivity contribution < 1.29 is 4.79 Å². The molecule has 0 unspecified atom stereocenters. The molecule has 1 aromatic heterocycles. The average molecular weight is 161 g/mol. The lowest BCUT2D eigenvalue weighted by atomic mass is 10.7. The van der Waals surface area contributed by atoms with Gasteiger partial charge in [0.05, 0.1) is 6.33 Å². The zero-order valence-corrected chi connectivity index (χ0v) is 5.64. The fourth-order valence-electron chi connectivity index (χ4n) is 0.532. The zero-order chi connectivity index (χ0) is 7.40. The minimum Gasteiger partial charge on any atom is -0.329 e. The van der Waals surface area contributed by atoms with Gasteiger partial charge in [0, 0.05) is 11.8 Å². The average Bonchev–Trinajstić information content (AvgIpc) is 2.36. The van der Waals surface area contributed by atoms with Crippen LogP contribution in [0, 0.1) is 0 Å². The van der Waals surface area contributed by atoms with Crippen LogP contribution in [0.5, 0.6) is 0 Å². The largest absolute Gasteiger partial charge is 0.329 e. The number of nitrogens with one attached hydrogen (secondary N) is 3. The quantitative estimate of drug-likeness (QED) is 0.447. The Kier molecular flexibility index (Phi) is 2.11. The molecule has 0 atom stereocenters. The lowest BCUT2D eigenvalue weighted by molar-refractivity contribution is -0.105. The molecule has 0 aliphatic heterocycles. The molecule has 0 bridgehead atoms. The van der Waals surface area contributed by atoms with Gasteiger partial charge in [-0.15, -0.1) is 0 Å². The number of imidazole rings is 1. The Balaban J connectivity index is 2.79. The van der Waals surface area contributed by atoms with E-state index >= 15 is 0 Å². The van der Waals surface area contributed by atoms with Crippen molar-refractivity contribution in [2.45, 2.75) is 0 Å². The number of anilines is 2. The Hall–Kier alpha value is -1.23. The van der Waals surface area contributed by atoms with Crippen molar-refractivity contribution in [1.82, 2.24) is 9.97 Å². The van der Waals surface area contributed by atoms with Crippen molar-refractivity contribution in [3.05, 3.63) is 6.33 Å². The van der Waals surface area contributed by atoms with Crippen LogP contribution in [0.15, 0.2) is 6.33 Å². The van der Waals surface area contributed by atoms with E-state index in [1.807, 2.05) is 0 Å². The Morgan fingerprint density at radius 1 is 1.80 bits per heavy atom. The first-order chi connectivity index (χ1) is 4.88. The maximum absolute atomic E-state index is 9.90. The smallest absolute Gasteiger partial charge is 0.212 e. The molecule has 0 spiro atoms. The van der Waals surface area contributed by atoms with Gasteiger partial charge >= 0.3 is 0 Å². The number of halogens is 1. The summed E-state index contributed by atoms with van der Waals surface area (Å²) in [5, 5.41) is 2.34. The van der Waals surface area contributed by atoms with E-state index in [-0.39, 0.29) is 0 Å². The lowest BCUT2D eigenvalue weighted by Crippen LogP contribution is -1.96. The van der Waals surface area contributed by atoms with Gasteiger partial charge in [-0.1, -0.05) is 0 Å². The SMILES string of the molecule is O=CNc1nc[nH]c1NCl. The Bertz CT molecular complexity index is 223. The summed E-state index contributed by atoms with van der Waals surface area (Å²) in [5.41, 5.74) is 0. The van der Waals surface area contributed by atoms with E-state index in [0.717, 1.165) is 0 Å². The van der Waals surface area contributed by atoms with Gasteiger partial charge in [0.2, 0.25) is 6.41 Å². The minimum absolute atomic E-state index is 0.380. The summed E-state index contributed by atoms with van der Waals surface area (Å²) in [4.78, 5) is 18.6. The Labute approximate surface area is 61.9 Å². The first kappa shape index (κ1) is 6.88. The van der Waals surface area contributed by atoms with Crippen molar-refractivity contribution in [2.75, 3.05) is 10.2 Å². The second-order valence-corrected chi connectivity index (χ2v) is 1.67. The van der Waals surface area contributed by atoms with Crippen LogP contribution in [-0.2, 0) is 4.79 Å². The monoisotopic (exact) mass is 160 g/mol. The fourth-order valence-corrected chi connectivity index (χ4v) is 0.676. The summed E-state index contributed by atoms with van der Waals surface area (Å²) in [6.45, 7) is 0. The van der Waals surface area contributed by atoms with Crippen molar-refractivity contribution in [1.29, 1.82) is 0 Å². The highest BCUT2D eigenvalue weighted by Crippen LogP contribution is 2.14. The van der Waals surface area contributed by atoms with Crippen molar-refractivity contribution >= 4 is 29.8 Å². The van der Waals surface area contributed by atoms with E-state index in [2.05, 4.69) is 20.1 Å². The minimum atomic E-state index is 0.380. The first-order valence-corrected chi connectivity index (χ1v) is 2.86. The molecule has 10 heavy (non-hydrogen) atoms. The highest BCUT2D eigenvalue weighted by Gasteiger charge is 2.00. The van der Waals surface area contributed by atoms with Gasteiger partial charge in [-0.25, -0.2) is 4.98 Å². The summed E-state index contributed by atoms with van der Waals surface area (Å²) in [6, 6.07) is 0. The standard InChI is InChI=1S/C4H5ClN4O/c5-9-4-3(8-2-10)6-1-7-4/h1-2,9H,(H,6,7)(H,8,10). The number of aromatic amines is 1. The van der Waals surface area contributed by atoms with Gasteiger partial charge < -0.3 is 10.3 Å². The summed E-state index contributed by atoms with van der Waals surface area (Å²) in [6.07, 6.45) is 1.93. The van der Waals surface area contributed by atoms with E-state index in [1.165, 1.54) is 6.33 Å². The number of amides is 1. The van der Waals surface area contributed by atoms with Crippen LogP contribution < -0.4 is 10.2 Å². The molecular weight excluding hydrogens is 156 g/mol. The van der Waals surface area contributed by atoms with Gasteiger partial charge in [0.15, 0.2) is 11.6 Å². The molecule has 0 aliphatic carbocycles. The summed E-state index contributed by atoms with van der Waals surface area (Å²) in [7, 11) is 0. The first-order valence-electron chi connectivity index (χ1n) is 2.48. The molecule has 1 aromatic rings. The highest BCUT2D eigenvalue weighted by atomic mass is 35.5. The van der Waals surface area contributed by atoms with Crippen molar-refractivity contribution in [3.8, 4) is 0 Å². The molecule has 1 amide bonds. The van der Waals surface area contributed by atoms with E-state index in [4.69, 9.17) is 11.8 Å².